The second-order valence-corrected chi connectivity index (χ2v) is 4.55. The maximum absolute atomic E-state index is 11.8. The molecule has 7 heteroatoms. The summed E-state index contributed by atoms with van der Waals surface area (Å²) < 4.78 is 0. The molecule has 0 spiro atoms. The summed E-state index contributed by atoms with van der Waals surface area (Å²) in [6, 6.07) is -0.305. The quantitative estimate of drug-likeness (QED) is 0.644. The summed E-state index contributed by atoms with van der Waals surface area (Å²) in [5.74, 6) is -1.67. The lowest BCUT2D eigenvalue weighted by molar-refractivity contribution is -0.136. The van der Waals surface area contributed by atoms with E-state index in [9.17, 15) is 14.4 Å². The highest BCUT2D eigenvalue weighted by atomic mass is 16.4. The number of primary amides is 1. The fourth-order valence-corrected chi connectivity index (χ4v) is 2.00. The zero-order valence-corrected chi connectivity index (χ0v) is 10.4. The van der Waals surface area contributed by atoms with Gasteiger partial charge in [0.15, 0.2) is 0 Å². The molecule has 18 heavy (non-hydrogen) atoms. The smallest absolute Gasteiger partial charge is 0.317 e. The van der Waals surface area contributed by atoms with Crippen LogP contribution >= 0.6 is 0 Å². The van der Waals surface area contributed by atoms with Gasteiger partial charge in [0.2, 0.25) is 5.91 Å². The van der Waals surface area contributed by atoms with Crippen LogP contribution in [0.3, 0.4) is 0 Å². The maximum Gasteiger partial charge on any atom is 0.317 e. The van der Waals surface area contributed by atoms with Gasteiger partial charge in [0.25, 0.3) is 0 Å². The first-order chi connectivity index (χ1) is 8.41. The topological polar surface area (TPSA) is 113 Å². The molecule has 1 fully saturated rings. The van der Waals surface area contributed by atoms with Crippen LogP contribution in [-0.2, 0) is 9.59 Å². The van der Waals surface area contributed by atoms with Crippen LogP contribution in [0.4, 0.5) is 4.79 Å². The van der Waals surface area contributed by atoms with Crippen molar-refractivity contribution in [3.8, 4) is 0 Å². The Hall–Kier alpha value is -1.79. The lowest BCUT2D eigenvalue weighted by atomic mass is 9.93. The summed E-state index contributed by atoms with van der Waals surface area (Å²) in [6.07, 6.45) is 1.29. The number of aliphatic carboxylic acids is 1. The third-order valence-electron chi connectivity index (χ3n) is 3.16. The molecule has 0 aromatic rings. The monoisotopic (exact) mass is 257 g/mol. The second-order valence-electron chi connectivity index (χ2n) is 4.55. The Morgan fingerprint density at radius 1 is 1.39 bits per heavy atom. The average Bonchev–Trinajstić information content (AvgIpc) is 2.28. The van der Waals surface area contributed by atoms with E-state index in [0.717, 1.165) is 6.42 Å². The van der Waals surface area contributed by atoms with Crippen LogP contribution in [0.25, 0.3) is 0 Å². The standard InChI is InChI=1S/C11H19N3O4/c1-7-2-3-8(10(12)17)6-14(7)11(18)13-5-4-9(15)16/h7-8H,2-6H2,1H3,(H2,12,17)(H,13,18)(H,15,16). The highest BCUT2D eigenvalue weighted by Gasteiger charge is 2.31. The predicted octanol–water partition coefficient (Wildman–Crippen LogP) is -0.243. The van der Waals surface area contributed by atoms with Crippen LogP contribution in [0, 0.1) is 5.92 Å². The molecule has 1 rings (SSSR count). The van der Waals surface area contributed by atoms with Crippen molar-refractivity contribution in [2.24, 2.45) is 11.7 Å². The van der Waals surface area contributed by atoms with Crippen molar-refractivity contribution >= 4 is 17.9 Å². The average molecular weight is 257 g/mol. The number of piperidine rings is 1. The molecular formula is C11H19N3O4. The van der Waals surface area contributed by atoms with Crippen molar-refractivity contribution in [1.29, 1.82) is 0 Å². The van der Waals surface area contributed by atoms with Gasteiger partial charge in [-0.05, 0) is 19.8 Å². The maximum atomic E-state index is 11.8. The molecule has 2 atom stereocenters. The van der Waals surface area contributed by atoms with Crippen LogP contribution in [-0.4, -0.2) is 47.0 Å². The Morgan fingerprint density at radius 2 is 2.06 bits per heavy atom. The van der Waals surface area contributed by atoms with Crippen molar-refractivity contribution in [2.75, 3.05) is 13.1 Å². The minimum absolute atomic E-state index is 0.0328. The Balaban J connectivity index is 2.48. The minimum atomic E-state index is -0.961. The van der Waals surface area contributed by atoms with E-state index in [2.05, 4.69) is 5.32 Å². The molecule has 0 radical (unpaired) electrons. The summed E-state index contributed by atoms with van der Waals surface area (Å²) in [5, 5.41) is 11.0. The second kappa shape index (κ2) is 6.23. The molecule has 0 bridgehead atoms. The number of urea groups is 1. The number of likely N-dealkylation sites (tertiary alicyclic amines) is 1. The van der Waals surface area contributed by atoms with Gasteiger partial charge in [-0.2, -0.15) is 0 Å². The Kier molecular flexibility index (Phi) is 4.94. The predicted molar refractivity (Wildman–Crippen MR) is 63.7 cm³/mol. The van der Waals surface area contributed by atoms with E-state index in [4.69, 9.17) is 10.8 Å². The van der Waals surface area contributed by atoms with E-state index in [1.807, 2.05) is 6.92 Å². The van der Waals surface area contributed by atoms with Gasteiger partial charge < -0.3 is 21.1 Å². The number of nitrogens with one attached hydrogen (secondary N) is 1. The first-order valence-corrected chi connectivity index (χ1v) is 5.97. The van der Waals surface area contributed by atoms with Gasteiger partial charge in [-0.15, -0.1) is 0 Å². The first kappa shape index (κ1) is 14.3. The van der Waals surface area contributed by atoms with E-state index >= 15 is 0 Å². The normalized spacial score (nSPS) is 23.5. The molecule has 3 amide bonds. The molecule has 7 nitrogen and oxygen atoms in total. The largest absolute Gasteiger partial charge is 0.481 e. The Bertz CT molecular complexity index is 345. The minimum Gasteiger partial charge on any atom is -0.481 e. The first-order valence-electron chi connectivity index (χ1n) is 5.97. The highest BCUT2D eigenvalue weighted by Crippen LogP contribution is 2.21. The summed E-state index contributed by atoms with van der Waals surface area (Å²) >= 11 is 0. The zero-order valence-electron chi connectivity index (χ0n) is 10.4. The van der Waals surface area contributed by atoms with Crippen molar-refractivity contribution in [2.45, 2.75) is 32.2 Å². The number of rotatable bonds is 4. The molecule has 0 aromatic heterocycles. The molecule has 2 unspecified atom stereocenters. The molecule has 102 valence electrons. The van der Waals surface area contributed by atoms with Gasteiger partial charge in [-0.3, -0.25) is 9.59 Å². The third kappa shape index (κ3) is 3.90. The number of hydrogen-bond acceptors (Lipinski definition) is 3. The van der Waals surface area contributed by atoms with E-state index in [0.29, 0.717) is 13.0 Å². The molecular weight excluding hydrogens is 238 g/mol. The number of carbonyl (C=O) groups is 3. The number of carbonyl (C=O) groups excluding carboxylic acids is 2. The summed E-state index contributed by atoms with van der Waals surface area (Å²) in [6.45, 7) is 2.28. The van der Waals surface area contributed by atoms with Crippen molar-refractivity contribution in [1.82, 2.24) is 10.2 Å². The number of carboxylic acid groups (broad SMARTS) is 1. The van der Waals surface area contributed by atoms with Gasteiger partial charge in [0.05, 0.1) is 12.3 Å². The van der Waals surface area contributed by atoms with Crippen molar-refractivity contribution in [3.05, 3.63) is 0 Å². The number of hydrogen-bond donors (Lipinski definition) is 3. The Morgan fingerprint density at radius 3 is 2.61 bits per heavy atom. The van der Waals surface area contributed by atoms with E-state index < -0.39 is 11.9 Å². The lowest BCUT2D eigenvalue weighted by Crippen LogP contribution is -2.52. The van der Waals surface area contributed by atoms with Crippen LogP contribution in [0.2, 0.25) is 0 Å². The molecule has 0 saturated carbocycles. The van der Waals surface area contributed by atoms with E-state index in [-0.39, 0.29) is 31.0 Å². The molecule has 4 N–H and O–H groups in total. The van der Waals surface area contributed by atoms with Crippen LogP contribution < -0.4 is 11.1 Å². The molecule has 0 aliphatic carbocycles. The molecule has 1 aliphatic heterocycles. The number of amides is 3. The van der Waals surface area contributed by atoms with Gasteiger partial charge in [-0.1, -0.05) is 0 Å². The third-order valence-corrected chi connectivity index (χ3v) is 3.16. The lowest BCUT2D eigenvalue weighted by Gasteiger charge is -2.36. The summed E-state index contributed by atoms with van der Waals surface area (Å²) in [4.78, 5) is 34.8. The van der Waals surface area contributed by atoms with Crippen LogP contribution in [0.15, 0.2) is 0 Å². The van der Waals surface area contributed by atoms with Gasteiger partial charge in [0.1, 0.15) is 0 Å². The number of carboxylic acids is 1. The SMILES string of the molecule is CC1CCC(C(N)=O)CN1C(=O)NCCC(=O)O. The molecule has 1 saturated heterocycles. The van der Waals surface area contributed by atoms with Crippen molar-refractivity contribution < 1.29 is 19.5 Å². The van der Waals surface area contributed by atoms with Gasteiger partial charge in [0, 0.05) is 19.1 Å². The van der Waals surface area contributed by atoms with Crippen LogP contribution in [0.5, 0.6) is 0 Å². The fraction of sp³-hybridized carbons (Fsp3) is 0.727. The van der Waals surface area contributed by atoms with E-state index in [1.165, 1.54) is 0 Å². The van der Waals surface area contributed by atoms with E-state index in [1.54, 1.807) is 4.90 Å². The molecule has 0 aromatic carbocycles. The van der Waals surface area contributed by atoms with Gasteiger partial charge in [-0.25, -0.2) is 4.79 Å². The number of nitrogens with zero attached hydrogens (tertiary/aromatic N) is 1. The highest BCUT2D eigenvalue weighted by molar-refractivity contribution is 5.80. The van der Waals surface area contributed by atoms with Gasteiger partial charge >= 0.3 is 12.0 Å². The number of nitrogens with two attached hydrogens (primary N) is 1. The van der Waals surface area contributed by atoms with Crippen molar-refractivity contribution in [3.63, 3.8) is 0 Å². The Labute approximate surface area is 105 Å². The summed E-state index contributed by atoms with van der Waals surface area (Å²) in [5.41, 5.74) is 5.24. The molecule has 1 aliphatic rings. The molecule has 1 heterocycles. The zero-order chi connectivity index (χ0) is 13.7. The summed E-state index contributed by atoms with van der Waals surface area (Å²) in [7, 11) is 0. The fourth-order valence-electron chi connectivity index (χ4n) is 2.00. The van der Waals surface area contributed by atoms with Crippen LogP contribution in [0.1, 0.15) is 26.2 Å².